The summed E-state index contributed by atoms with van der Waals surface area (Å²) in [6.07, 6.45) is 2.38. The number of halogens is 1. The SMILES string of the molecule is CC1(C)OC(=O)C(=CC=NNc2ccc(F)cc2)C(=O)O1. The van der Waals surface area contributed by atoms with Crippen LogP contribution in [0, 0.1) is 5.82 Å². The van der Waals surface area contributed by atoms with Crippen molar-refractivity contribution in [3.05, 3.63) is 41.7 Å². The highest BCUT2D eigenvalue weighted by molar-refractivity contribution is 6.17. The van der Waals surface area contributed by atoms with E-state index in [1.807, 2.05) is 0 Å². The maximum atomic E-state index is 12.7. The zero-order valence-corrected chi connectivity index (χ0v) is 11.4. The molecule has 0 bridgehead atoms. The smallest absolute Gasteiger partial charge is 0.348 e. The van der Waals surface area contributed by atoms with Crippen LogP contribution in [0.2, 0.25) is 0 Å². The van der Waals surface area contributed by atoms with Gasteiger partial charge in [0, 0.05) is 20.1 Å². The van der Waals surface area contributed by atoms with Crippen molar-refractivity contribution in [3.63, 3.8) is 0 Å². The molecule has 1 aromatic rings. The van der Waals surface area contributed by atoms with Crippen molar-refractivity contribution in [2.75, 3.05) is 5.43 Å². The Kier molecular flexibility index (Phi) is 4.02. The molecule has 7 heteroatoms. The van der Waals surface area contributed by atoms with Crippen LogP contribution in [0.3, 0.4) is 0 Å². The Morgan fingerprint density at radius 3 is 2.29 bits per heavy atom. The van der Waals surface area contributed by atoms with Crippen LogP contribution in [-0.4, -0.2) is 23.9 Å². The van der Waals surface area contributed by atoms with Crippen LogP contribution >= 0.6 is 0 Å². The number of hydrogen-bond acceptors (Lipinski definition) is 6. The van der Waals surface area contributed by atoms with Crippen LogP contribution in [0.15, 0.2) is 41.0 Å². The molecule has 6 nitrogen and oxygen atoms in total. The first kappa shape index (κ1) is 14.7. The normalized spacial score (nSPS) is 17.4. The molecule has 0 unspecified atom stereocenters. The molecule has 0 spiro atoms. The predicted molar refractivity (Wildman–Crippen MR) is 72.9 cm³/mol. The number of benzene rings is 1. The summed E-state index contributed by atoms with van der Waals surface area (Å²) in [7, 11) is 0. The summed E-state index contributed by atoms with van der Waals surface area (Å²) in [4.78, 5) is 23.2. The lowest BCUT2D eigenvalue weighted by molar-refractivity contribution is -0.222. The molecule has 1 saturated heterocycles. The van der Waals surface area contributed by atoms with Gasteiger partial charge < -0.3 is 9.47 Å². The zero-order chi connectivity index (χ0) is 15.5. The van der Waals surface area contributed by atoms with E-state index >= 15 is 0 Å². The predicted octanol–water partition coefficient (Wildman–Crippen LogP) is 1.99. The van der Waals surface area contributed by atoms with Crippen molar-refractivity contribution in [1.29, 1.82) is 0 Å². The number of anilines is 1. The van der Waals surface area contributed by atoms with Gasteiger partial charge in [-0.25, -0.2) is 14.0 Å². The molecule has 0 amide bonds. The van der Waals surface area contributed by atoms with Crippen LogP contribution in [0.5, 0.6) is 0 Å². The second kappa shape index (κ2) is 5.74. The molecule has 1 aliphatic rings. The number of nitrogens with one attached hydrogen (secondary N) is 1. The fourth-order valence-corrected chi connectivity index (χ4v) is 1.54. The van der Waals surface area contributed by atoms with Gasteiger partial charge in [0.1, 0.15) is 11.4 Å². The van der Waals surface area contributed by atoms with Crippen LogP contribution in [0.4, 0.5) is 10.1 Å². The number of nitrogens with zero attached hydrogens (tertiary/aromatic N) is 1. The quantitative estimate of drug-likeness (QED) is 0.303. The average Bonchev–Trinajstić information content (AvgIpc) is 2.38. The summed E-state index contributed by atoms with van der Waals surface area (Å²) in [6.45, 7) is 2.92. The second-order valence-electron chi connectivity index (χ2n) is 4.66. The van der Waals surface area contributed by atoms with Gasteiger partial charge in [-0.05, 0) is 30.3 Å². The van der Waals surface area contributed by atoms with Gasteiger partial charge >= 0.3 is 11.9 Å². The fourth-order valence-electron chi connectivity index (χ4n) is 1.54. The maximum Gasteiger partial charge on any atom is 0.348 e. The summed E-state index contributed by atoms with van der Waals surface area (Å²) in [6, 6.07) is 5.53. The molecule has 0 saturated carbocycles. The van der Waals surface area contributed by atoms with E-state index in [9.17, 15) is 14.0 Å². The van der Waals surface area contributed by atoms with Gasteiger partial charge in [-0.3, -0.25) is 5.43 Å². The van der Waals surface area contributed by atoms with Gasteiger partial charge in [0.15, 0.2) is 0 Å². The average molecular weight is 292 g/mol. The van der Waals surface area contributed by atoms with Crippen LogP contribution in [0.25, 0.3) is 0 Å². The Balaban J connectivity index is 2.00. The van der Waals surface area contributed by atoms with Crippen molar-refractivity contribution in [2.24, 2.45) is 5.10 Å². The molecule has 1 aliphatic heterocycles. The lowest BCUT2D eigenvalue weighted by atomic mass is 10.2. The van der Waals surface area contributed by atoms with E-state index in [-0.39, 0.29) is 11.4 Å². The number of hydrogen-bond donors (Lipinski definition) is 1. The van der Waals surface area contributed by atoms with Gasteiger partial charge in [0.05, 0.1) is 5.69 Å². The largest absolute Gasteiger partial charge is 0.419 e. The van der Waals surface area contributed by atoms with Crippen LogP contribution in [0.1, 0.15) is 13.8 Å². The van der Waals surface area contributed by atoms with Gasteiger partial charge in [0.2, 0.25) is 0 Å². The van der Waals surface area contributed by atoms with Crippen molar-refractivity contribution < 1.29 is 23.5 Å². The number of esters is 2. The molecule has 21 heavy (non-hydrogen) atoms. The maximum absolute atomic E-state index is 12.7. The Bertz CT molecular complexity index is 598. The highest BCUT2D eigenvalue weighted by atomic mass is 19.1. The Labute approximate surface area is 120 Å². The number of carbonyl (C=O) groups excluding carboxylic acids is 2. The third-order valence-corrected chi connectivity index (χ3v) is 2.47. The van der Waals surface area contributed by atoms with Gasteiger partial charge in [-0.1, -0.05) is 0 Å². The van der Waals surface area contributed by atoms with E-state index in [1.165, 1.54) is 50.4 Å². The molecule has 1 aromatic carbocycles. The first-order valence-corrected chi connectivity index (χ1v) is 6.09. The summed E-state index contributed by atoms with van der Waals surface area (Å²) in [5.74, 6) is -3.18. The second-order valence-corrected chi connectivity index (χ2v) is 4.66. The first-order chi connectivity index (χ1) is 9.87. The van der Waals surface area contributed by atoms with E-state index < -0.39 is 17.7 Å². The minimum Gasteiger partial charge on any atom is -0.419 e. The van der Waals surface area contributed by atoms with E-state index in [0.717, 1.165) is 0 Å². The third-order valence-electron chi connectivity index (χ3n) is 2.47. The van der Waals surface area contributed by atoms with Gasteiger partial charge in [-0.2, -0.15) is 5.10 Å². The molecule has 0 atom stereocenters. The topological polar surface area (TPSA) is 77.0 Å². The van der Waals surface area contributed by atoms with Crippen LogP contribution < -0.4 is 5.43 Å². The van der Waals surface area contributed by atoms with Crippen LogP contribution in [-0.2, 0) is 19.1 Å². The molecule has 1 fully saturated rings. The number of carbonyl (C=O) groups is 2. The number of rotatable bonds is 3. The summed E-state index contributed by atoms with van der Waals surface area (Å²) < 4.78 is 22.5. The van der Waals surface area contributed by atoms with E-state index in [0.29, 0.717) is 5.69 Å². The van der Waals surface area contributed by atoms with Gasteiger partial charge in [-0.15, -0.1) is 0 Å². The number of cyclic esters (lactones) is 2. The van der Waals surface area contributed by atoms with E-state index in [2.05, 4.69) is 10.5 Å². The molecule has 0 aliphatic carbocycles. The third kappa shape index (κ3) is 3.88. The summed E-state index contributed by atoms with van der Waals surface area (Å²) in [5.41, 5.74) is 2.92. The molecule has 0 aromatic heterocycles. The Morgan fingerprint density at radius 2 is 1.71 bits per heavy atom. The monoisotopic (exact) mass is 292 g/mol. The highest BCUT2D eigenvalue weighted by Gasteiger charge is 2.38. The standard InChI is InChI=1S/C14H13FN2O4/c1-14(2)20-12(18)11(13(19)21-14)7-8-16-17-10-5-3-9(15)4-6-10/h3-8,17H,1-2H3. The molecule has 2 rings (SSSR count). The number of ether oxygens (including phenoxy) is 2. The minimum absolute atomic E-state index is 0.251. The van der Waals surface area contributed by atoms with E-state index in [4.69, 9.17) is 9.47 Å². The molecule has 1 N–H and O–H groups in total. The molecule has 110 valence electrons. The first-order valence-electron chi connectivity index (χ1n) is 6.09. The van der Waals surface area contributed by atoms with Crippen molar-refractivity contribution in [1.82, 2.24) is 0 Å². The lowest BCUT2D eigenvalue weighted by Crippen LogP contribution is -2.41. The van der Waals surface area contributed by atoms with E-state index in [1.54, 1.807) is 0 Å². The number of allylic oxidation sites excluding steroid dienone is 1. The molecular weight excluding hydrogens is 279 g/mol. The van der Waals surface area contributed by atoms with Crippen molar-refractivity contribution >= 4 is 23.8 Å². The minimum atomic E-state index is -1.27. The molecule has 0 radical (unpaired) electrons. The zero-order valence-electron chi connectivity index (χ0n) is 11.4. The Morgan fingerprint density at radius 1 is 1.14 bits per heavy atom. The highest BCUT2D eigenvalue weighted by Crippen LogP contribution is 2.22. The molecule has 1 heterocycles. The summed E-state index contributed by atoms with van der Waals surface area (Å²) in [5, 5.41) is 3.78. The van der Waals surface area contributed by atoms with Crippen molar-refractivity contribution in [2.45, 2.75) is 19.6 Å². The number of hydrazone groups is 1. The summed E-state index contributed by atoms with van der Waals surface area (Å²) >= 11 is 0. The molecular formula is C14H13FN2O4. The van der Waals surface area contributed by atoms with Crippen molar-refractivity contribution in [3.8, 4) is 0 Å². The Hall–Kier alpha value is -2.70. The van der Waals surface area contributed by atoms with Gasteiger partial charge in [0.25, 0.3) is 5.79 Å². The fraction of sp³-hybridized carbons (Fsp3) is 0.214. The lowest BCUT2D eigenvalue weighted by Gasteiger charge is -2.29.